The van der Waals surface area contributed by atoms with E-state index in [1.165, 1.54) is 29.8 Å². The molecule has 1 aromatic carbocycles. The van der Waals surface area contributed by atoms with Crippen molar-refractivity contribution in [3.05, 3.63) is 23.1 Å². The van der Waals surface area contributed by atoms with Crippen molar-refractivity contribution in [3.63, 3.8) is 0 Å². The van der Waals surface area contributed by atoms with Crippen LogP contribution < -0.4 is 10.5 Å². The molecule has 0 spiro atoms. The van der Waals surface area contributed by atoms with Gasteiger partial charge in [-0.2, -0.15) is 13.2 Å². The predicted molar refractivity (Wildman–Crippen MR) is 109 cm³/mol. The van der Waals surface area contributed by atoms with Gasteiger partial charge in [0.15, 0.2) is 17.2 Å². The Morgan fingerprint density at radius 1 is 1.16 bits per heavy atom. The minimum Gasteiger partial charge on any atom is -0.479 e. The molecule has 2 aromatic heterocycles. The number of benzene rings is 1. The van der Waals surface area contributed by atoms with E-state index in [0.29, 0.717) is 16.3 Å². The summed E-state index contributed by atoms with van der Waals surface area (Å²) in [4.78, 5) is 32.8. The number of carboxylic acid groups (broad SMARTS) is 1. The number of anilines is 1. The van der Waals surface area contributed by atoms with Crippen molar-refractivity contribution in [2.45, 2.75) is 13.1 Å². The SMILES string of the molecule is CCOC(=O)COc1c(C(=O)OC)sc2c1sc1cc(N)ccc12.O=C(O)C(F)(F)F. The molecule has 0 aliphatic rings. The molecule has 0 aliphatic carbocycles. The highest BCUT2D eigenvalue weighted by Gasteiger charge is 2.38. The molecule has 0 saturated heterocycles. The number of ether oxygens (including phenoxy) is 3. The van der Waals surface area contributed by atoms with Crippen LogP contribution in [0.3, 0.4) is 0 Å². The second-order valence-electron chi connectivity index (χ2n) is 5.66. The number of fused-ring (bicyclic) bond motifs is 3. The standard InChI is InChI=1S/C16H15NO5S2.C2HF3O2/c1-3-21-11(18)7-22-12-14-13(24-15(12)16(19)20-2)9-5-4-8(17)6-10(9)23-14;3-2(4,5)1(6)7/h4-6H,3,7,17H2,1-2H3;(H,6,7). The van der Waals surface area contributed by atoms with Crippen LogP contribution in [0.1, 0.15) is 16.6 Å². The molecule has 13 heteroatoms. The lowest BCUT2D eigenvalue weighted by Crippen LogP contribution is -2.21. The Kier molecular flexibility index (Phi) is 7.68. The van der Waals surface area contributed by atoms with Crippen LogP contribution >= 0.6 is 22.7 Å². The van der Waals surface area contributed by atoms with E-state index in [-0.39, 0.29) is 13.2 Å². The van der Waals surface area contributed by atoms with E-state index >= 15 is 0 Å². The molecule has 0 radical (unpaired) electrons. The van der Waals surface area contributed by atoms with Crippen LogP contribution in [0.2, 0.25) is 0 Å². The van der Waals surface area contributed by atoms with Crippen LogP contribution in [0.5, 0.6) is 5.75 Å². The Bertz CT molecular complexity index is 1120. The van der Waals surface area contributed by atoms with Crippen molar-refractivity contribution in [2.75, 3.05) is 26.1 Å². The zero-order chi connectivity index (χ0) is 23.3. The van der Waals surface area contributed by atoms with Crippen LogP contribution in [-0.2, 0) is 19.1 Å². The maximum atomic E-state index is 12.0. The van der Waals surface area contributed by atoms with Gasteiger partial charge in [0, 0.05) is 15.8 Å². The lowest BCUT2D eigenvalue weighted by molar-refractivity contribution is -0.192. The van der Waals surface area contributed by atoms with Gasteiger partial charge in [0.05, 0.1) is 23.1 Å². The van der Waals surface area contributed by atoms with Crippen LogP contribution in [-0.4, -0.2) is 49.5 Å². The van der Waals surface area contributed by atoms with E-state index in [1.54, 1.807) is 6.92 Å². The quantitative estimate of drug-likeness (QED) is 0.415. The van der Waals surface area contributed by atoms with E-state index in [4.69, 9.17) is 29.8 Å². The molecular weight excluding hydrogens is 463 g/mol. The lowest BCUT2D eigenvalue weighted by atomic mass is 10.2. The van der Waals surface area contributed by atoms with Gasteiger partial charge in [-0.05, 0) is 19.1 Å². The molecule has 3 N–H and O–H groups in total. The van der Waals surface area contributed by atoms with Crippen molar-refractivity contribution in [2.24, 2.45) is 0 Å². The third-order valence-corrected chi connectivity index (χ3v) is 6.00. The van der Waals surface area contributed by atoms with Gasteiger partial charge in [-0.25, -0.2) is 14.4 Å². The number of carbonyl (C=O) groups is 3. The number of alkyl halides is 3. The number of aliphatic carboxylic acids is 1. The van der Waals surface area contributed by atoms with Gasteiger partial charge in [0.1, 0.15) is 0 Å². The van der Waals surface area contributed by atoms with Crippen LogP contribution in [0, 0.1) is 0 Å². The Hall–Kier alpha value is -3.06. The maximum Gasteiger partial charge on any atom is 0.490 e. The Morgan fingerprint density at radius 2 is 1.81 bits per heavy atom. The number of carboxylic acids is 1. The number of esters is 2. The second kappa shape index (κ2) is 9.83. The zero-order valence-electron chi connectivity index (χ0n) is 16.1. The first-order valence-corrected chi connectivity index (χ1v) is 10.0. The fraction of sp³-hybridized carbons (Fsp3) is 0.278. The zero-order valence-corrected chi connectivity index (χ0v) is 17.7. The Morgan fingerprint density at radius 3 is 2.35 bits per heavy atom. The monoisotopic (exact) mass is 479 g/mol. The molecule has 0 bridgehead atoms. The summed E-state index contributed by atoms with van der Waals surface area (Å²) in [6.45, 7) is 1.73. The summed E-state index contributed by atoms with van der Waals surface area (Å²) in [7, 11) is 1.31. The van der Waals surface area contributed by atoms with E-state index in [2.05, 4.69) is 0 Å². The van der Waals surface area contributed by atoms with Gasteiger partial charge in [-0.1, -0.05) is 6.07 Å². The normalized spacial score (nSPS) is 11.0. The summed E-state index contributed by atoms with van der Waals surface area (Å²) in [5.41, 5.74) is 6.49. The first-order chi connectivity index (χ1) is 14.5. The minimum absolute atomic E-state index is 0.264. The summed E-state index contributed by atoms with van der Waals surface area (Å²) in [5, 5.41) is 8.12. The maximum absolute atomic E-state index is 12.0. The molecule has 3 aromatic rings. The number of carbonyl (C=O) groups excluding carboxylic acids is 2. The van der Waals surface area contributed by atoms with E-state index in [1.807, 2.05) is 18.2 Å². The lowest BCUT2D eigenvalue weighted by Gasteiger charge is -2.06. The molecule has 168 valence electrons. The molecule has 0 unspecified atom stereocenters. The molecular formula is C18H16F3NO7S2. The van der Waals surface area contributed by atoms with Crippen molar-refractivity contribution < 1.29 is 46.9 Å². The molecule has 0 atom stereocenters. The van der Waals surface area contributed by atoms with Crippen LogP contribution in [0.15, 0.2) is 18.2 Å². The molecule has 3 rings (SSSR count). The number of halogens is 3. The van der Waals surface area contributed by atoms with Crippen LogP contribution in [0.25, 0.3) is 19.5 Å². The molecule has 0 aliphatic heterocycles. The molecule has 2 heterocycles. The Labute approximate surface area is 180 Å². The molecule has 0 amide bonds. The van der Waals surface area contributed by atoms with E-state index in [9.17, 15) is 22.8 Å². The third-order valence-electron chi connectivity index (χ3n) is 3.54. The van der Waals surface area contributed by atoms with Gasteiger partial charge in [0.25, 0.3) is 0 Å². The highest BCUT2D eigenvalue weighted by molar-refractivity contribution is 7.34. The fourth-order valence-corrected chi connectivity index (χ4v) is 4.91. The van der Waals surface area contributed by atoms with E-state index in [0.717, 1.165) is 19.5 Å². The highest BCUT2D eigenvalue weighted by atomic mass is 32.1. The van der Waals surface area contributed by atoms with Crippen molar-refractivity contribution in [1.29, 1.82) is 0 Å². The van der Waals surface area contributed by atoms with Crippen molar-refractivity contribution in [1.82, 2.24) is 0 Å². The van der Waals surface area contributed by atoms with E-state index < -0.39 is 24.1 Å². The molecule has 0 fully saturated rings. The highest BCUT2D eigenvalue weighted by Crippen LogP contribution is 2.47. The van der Waals surface area contributed by atoms with Gasteiger partial charge in [0.2, 0.25) is 0 Å². The van der Waals surface area contributed by atoms with Gasteiger partial charge in [-0.15, -0.1) is 22.7 Å². The number of methoxy groups -OCH3 is 1. The first kappa shape index (κ1) is 24.2. The molecule has 8 nitrogen and oxygen atoms in total. The average Bonchev–Trinajstić information content (AvgIpc) is 3.21. The number of thiophene rings is 2. The van der Waals surface area contributed by atoms with Crippen molar-refractivity contribution in [3.8, 4) is 5.75 Å². The second-order valence-corrected chi connectivity index (χ2v) is 7.74. The fourth-order valence-electron chi connectivity index (χ4n) is 2.28. The number of nitrogen functional groups attached to an aromatic ring is 1. The van der Waals surface area contributed by atoms with Crippen molar-refractivity contribution >= 4 is 65.8 Å². The smallest absolute Gasteiger partial charge is 0.479 e. The summed E-state index contributed by atoms with van der Waals surface area (Å²) in [6, 6.07) is 5.60. The van der Waals surface area contributed by atoms with Gasteiger partial charge in [-0.3, -0.25) is 0 Å². The number of nitrogens with two attached hydrogens (primary N) is 1. The summed E-state index contributed by atoms with van der Waals surface area (Å²) >= 11 is 2.74. The largest absolute Gasteiger partial charge is 0.490 e. The number of hydrogen-bond donors (Lipinski definition) is 2. The van der Waals surface area contributed by atoms with Gasteiger partial charge < -0.3 is 25.1 Å². The molecule has 31 heavy (non-hydrogen) atoms. The number of hydrogen-bond acceptors (Lipinski definition) is 9. The number of rotatable bonds is 5. The van der Waals surface area contributed by atoms with Crippen LogP contribution in [0.4, 0.5) is 18.9 Å². The topological polar surface area (TPSA) is 125 Å². The molecule has 0 saturated carbocycles. The average molecular weight is 479 g/mol. The van der Waals surface area contributed by atoms with Gasteiger partial charge >= 0.3 is 24.1 Å². The summed E-state index contributed by atoms with van der Waals surface area (Å²) in [6.07, 6.45) is -5.08. The summed E-state index contributed by atoms with van der Waals surface area (Å²) in [5.74, 6) is -3.38. The summed E-state index contributed by atoms with van der Waals surface area (Å²) < 4.78 is 49.7. The third kappa shape index (κ3) is 5.76. The minimum atomic E-state index is -5.08. The predicted octanol–water partition coefficient (Wildman–Crippen LogP) is 4.06. The first-order valence-electron chi connectivity index (χ1n) is 8.40. The Balaban J connectivity index is 0.000000423.